The Kier molecular flexibility index (Phi) is 8.11. The number of hydrogen-bond acceptors (Lipinski definition) is 3. The predicted octanol–water partition coefficient (Wildman–Crippen LogP) is 3.18. The largest absolute Gasteiger partial charge is 0.326 e. The lowest BCUT2D eigenvalue weighted by molar-refractivity contribution is -0.119. The van der Waals surface area contributed by atoms with E-state index in [-0.39, 0.29) is 30.1 Å². The van der Waals surface area contributed by atoms with E-state index in [1.54, 1.807) is 36.2 Å². The van der Waals surface area contributed by atoms with E-state index in [0.29, 0.717) is 17.8 Å². The van der Waals surface area contributed by atoms with E-state index >= 15 is 0 Å². The van der Waals surface area contributed by atoms with Crippen molar-refractivity contribution in [1.82, 2.24) is 5.32 Å². The molecule has 0 aliphatic heterocycles. The topological polar surface area (TPSA) is 61.4 Å². The summed E-state index contributed by atoms with van der Waals surface area (Å²) in [4.78, 5) is 26.3. The van der Waals surface area contributed by atoms with E-state index < -0.39 is 0 Å². The maximum atomic E-state index is 12.6. The molecule has 1 unspecified atom stereocenters. The van der Waals surface area contributed by atoms with E-state index in [0.717, 1.165) is 5.69 Å². The van der Waals surface area contributed by atoms with Crippen LogP contribution in [0.4, 0.5) is 11.4 Å². The number of carbonyl (C=O) groups is 2. The summed E-state index contributed by atoms with van der Waals surface area (Å²) < 4.78 is 0. The molecule has 0 aliphatic carbocycles. The highest BCUT2D eigenvalue weighted by Crippen LogP contribution is 2.17. The Balaban J connectivity index is 0.00000312. The number of para-hydroxylation sites is 1. The summed E-state index contributed by atoms with van der Waals surface area (Å²) >= 11 is 0. The first kappa shape index (κ1) is 20.7. The molecular weight excluding hydrogens is 338 g/mol. The van der Waals surface area contributed by atoms with E-state index in [2.05, 4.69) is 10.6 Å². The van der Waals surface area contributed by atoms with Crippen molar-refractivity contribution in [2.24, 2.45) is 5.92 Å². The van der Waals surface area contributed by atoms with Gasteiger partial charge in [-0.05, 0) is 37.4 Å². The van der Waals surface area contributed by atoms with Crippen LogP contribution in [0.5, 0.6) is 0 Å². The highest BCUT2D eigenvalue weighted by Gasteiger charge is 2.15. The number of carbonyl (C=O) groups excluding carboxylic acids is 2. The van der Waals surface area contributed by atoms with Crippen molar-refractivity contribution in [3.63, 3.8) is 0 Å². The average Bonchev–Trinajstić information content (AvgIpc) is 2.61. The average molecular weight is 362 g/mol. The maximum absolute atomic E-state index is 12.6. The van der Waals surface area contributed by atoms with Crippen LogP contribution in [-0.2, 0) is 4.79 Å². The fourth-order valence-electron chi connectivity index (χ4n) is 2.36. The van der Waals surface area contributed by atoms with Crippen LogP contribution in [0.25, 0.3) is 0 Å². The van der Waals surface area contributed by atoms with Crippen LogP contribution < -0.4 is 15.5 Å². The van der Waals surface area contributed by atoms with Gasteiger partial charge in [0.15, 0.2) is 0 Å². The third-order valence-corrected chi connectivity index (χ3v) is 3.78. The van der Waals surface area contributed by atoms with Gasteiger partial charge in [0, 0.05) is 36.4 Å². The summed E-state index contributed by atoms with van der Waals surface area (Å²) in [6, 6.07) is 16.4. The van der Waals surface area contributed by atoms with E-state index in [1.165, 1.54) is 0 Å². The molecule has 0 spiro atoms. The van der Waals surface area contributed by atoms with Crippen LogP contribution in [0, 0.1) is 5.92 Å². The van der Waals surface area contributed by atoms with Crippen molar-refractivity contribution in [2.75, 3.05) is 30.9 Å². The van der Waals surface area contributed by atoms with Gasteiger partial charge in [-0.1, -0.05) is 31.2 Å². The quantitative estimate of drug-likeness (QED) is 0.830. The lowest BCUT2D eigenvalue weighted by Gasteiger charge is -2.18. The Hall–Kier alpha value is -2.37. The molecule has 0 saturated heterocycles. The molecule has 1 atom stereocenters. The molecule has 6 heteroatoms. The lowest BCUT2D eigenvalue weighted by atomic mass is 10.1. The Morgan fingerprint density at radius 2 is 1.76 bits per heavy atom. The standard InChI is InChI=1S/C19H23N3O2.ClH/c1-14(13-20-2)18(23)21-16-9-7-8-15(12-16)19(24)22(3)17-10-5-4-6-11-17;/h4-12,14,20H,13H2,1-3H3,(H,21,23);1H. The minimum atomic E-state index is -0.152. The molecule has 25 heavy (non-hydrogen) atoms. The van der Waals surface area contributed by atoms with Crippen molar-refractivity contribution >= 4 is 35.6 Å². The molecule has 0 radical (unpaired) electrons. The number of hydrogen-bond donors (Lipinski definition) is 2. The molecule has 2 aromatic carbocycles. The molecule has 2 rings (SSSR count). The zero-order valence-corrected chi connectivity index (χ0v) is 15.5. The summed E-state index contributed by atoms with van der Waals surface area (Å²) in [5, 5.41) is 5.83. The molecule has 0 bridgehead atoms. The summed E-state index contributed by atoms with van der Waals surface area (Å²) in [5.74, 6) is -0.354. The van der Waals surface area contributed by atoms with E-state index in [4.69, 9.17) is 0 Å². The molecule has 0 fully saturated rings. The third kappa shape index (κ3) is 5.59. The third-order valence-electron chi connectivity index (χ3n) is 3.78. The van der Waals surface area contributed by atoms with Gasteiger partial charge >= 0.3 is 0 Å². The second-order valence-corrected chi connectivity index (χ2v) is 5.73. The second-order valence-electron chi connectivity index (χ2n) is 5.73. The van der Waals surface area contributed by atoms with Gasteiger partial charge in [0.2, 0.25) is 5.91 Å². The van der Waals surface area contributed by atoms with Gasteiger partial charge in [0.05, 0.1) is 0 Å². The zero-order chi connectivity index (χ0) is 17.5. The highest BCUT2D eigenvalue weighted by molar-refractivity contribution is 6.06. The molecule has 0 aliphatic rings. The number of nitrogens with zero attached hydrogens (tertiary/aromatic N) is 1. The highest BCUT2D eigenvalue weighted by atomic mass is 35.5. The van der Waals surface area contributed by atoms with E-state index in [1.807, 2.05) is 44.3 Å². The molecule has 5 nitrogen and oxygen atoms in total. The van der Waals surface area contributed by atoms with Crippen LogP contribution in [-0.4, -0.2) is 32.5 Å². The number of rotatable bonds is 6. The molecule has 2 N–H and O–H groups in total. The SMILES string of the molecule is CNCC(C)C(=O)Nc1cccc(C(=O)N(C)c2ccccc2)c1.Cl. The number of halogens is 1. The molecule has 2 aromatic rings. The summed E-state index contributed by atoms with van der Waals surface area (Å²) in [5.41, 5.74) is 1.97. The van der Waals surface area contributed by atoms with Crippen molar-refractivity contribution in [1.29, 1.82) is 0 Å². The van der Waals surface area contributed by atoms with Crippen LogP contribution in [0.2, 0.25) is 0 Å². The van der Waals surface area contributed by atoms with Gasteiger partial charge in [-0.3, -0.25) is 9.59 Å². The predicted molar refractivity (Wildman–Crippen MR) is 105 cm³/mol. The van der Waals surface area contributed by atoms with Gasteiger partial charge in [0.1, 0.15) is 0 Å². The first-order valence-electron chi connectivity index (χ1n) is 7.91. The Morgan fingerprint density at radius 1 is 1.08 bits per heavy atom. The summed E-state index contributed by atoms with van der Waals surface area (Å²) in [7, 11) is 3.54. The van der Waals surface area contributed by atoms with Gasteiger partial charge in [-0.15, -0.1) is 12.4 Å². The molecule has 2 amide bonds. The van der Waals surface area contributed by atoms with Crippen LogP contribution >= 0.6 is 12.4 Å². The smallest absolute Gasteiger partial charge is 0.258 e. The van der Waals surface area contributed by atoms with E-state index in [9.17, 15) is 9.59 Å². The molecule has 0 saturated carbocycles. The number of benzene rings is 2. The van der Waals surface area contributed by atoms with Crippen molar-refractivity contribution in [2.45, 2.75) is 6.92 Å². The number of amides is 2. The van der Waals surface area contributed by atoms with Gasteiger partial charge in [-0.2, -0.15) is 0 Å². The van der Waals surface area contributed by atoms with Gasteiger partial charge in [0.25, 0.3) is 5.91 Å². The van der Waals surface area contributed by atoms with Crippen molar-refractivity contribution < 1.29 is 9.59 Å². The maximum Gasteiger partial charge on any atom is 0.258 e. The molecular formula is C19H24ClN3O2. The summed E-state index contributed by atoms with van der Waals surface area (Å²) in [6.45, 7) is 2.45. The lowest BCUT2D eigenvalue weighted by Crippen LogP contribution is -2.29. The Bertz CT molecular complexity index is 707. The fraction of sp³-hybridized carbons (Fsp3) is 0.263. The first-order chi connectivity index (χ1) is 11.5. The van der Waals surface area contributed by atoms with Gasteiger partial charge in [-0.25, -0.2) is 0 Å². The van der Waals surface area contributed by atoms with Crippen LogP contribution in [0.1, 0.15) is 17.3 Å². The van der Waals surface area contributed by atoms with Crippen LogP contribution in [0.3, 0.4) is 0 Å². The Labute approximate surface area is 154 Å². The number of anilines is 2. The first-order valence-corrected chi connectivity index (χ1v) is 7.91. The van der Waals surface area contributed by atoms with Gasteiger partial charge < -0.3 is 15.5 Å². The minimum absolute atomic E-state index is 0. The fourth-order valence-corrected chi connectivity index (χ4v) is 2.36. The summed E-state index contributed by atoms with van der Waals surface area (Å²) in [6.07, 6.45) is 0. The minimum Gasteiger partial charge on any atom is -0.326 e. The number of nitrogens with one attached hydrogen (secondary N) is 2. The molecule has 0 aromatic heterocycles. The monoisotopic (exact) mass is 361 g/mol. The second kappa shape index (κ2) is 9.81. The zero-order valence-electron chi connectivity index (χ0n) is 14.7. The normalized spacial score (nSPS) is 11.2. The van der Waals surface area contributed by atoms with Crippen molar-refractivity contribution in [3.8, 4) is 0 Å². The van der Waals surface area contributed by atoms with Crippen LogP contribution in [0.15, 0.2) is 54.6 Å². The molecule has 134 valence electrons. The Morgan fingerprint density at radius 3 is 2.40 bits per heavy atom. The van der Waals surface area contributed by atoms with Crippen molar-refractivity contribution in [3.05, 3.63) is 60.2 Å². The molecule has 0 heterocycles.